The minimum atomic E-state index is -4.65. The lowest BCUT2D eigenvalue weighted by Crippen LogP contribution is -2.36. The number of halogens is 4. The van der Waals surface area contributed by atoms with Crippen LogP contribution >= 0.6 is 11.8 Å². The van der Waals surface area contributed by atoms with Gasteiger partial charge < -0.3 is 14.9 Å². The van der Waals surface area contributed by atoms with Crippen molar-refractivity contribution in [3.8, 4) is 11.5 Å². The maximum absolute atomic E-state index is 14.9. The third kappa shape index (κ3) is 4.18. The molecule has 1 atom stereocenters. The summed E-state index contributed by atoms with van der Waals surface area (Å²) < 4.78 is 54.8. The second kappa shape index (κ2) is 8.50. The average molecular weight is 489 g/mol. The first kappa shape index (κ1) is 22.5. The molecule has 34 heavy (non-hydrogen) atoms. The van der Waals surface area contributed by atoms with Gasteiger partial charge in [0.15, 0.2) is 17.4 Å². The van der Waals surface area contributed by atoms with Gasteiger partial charge in [-0.3, -0.25) is 4.79 Å². The summed E-state index contributed by atoms with van der Waals surface area (Å²) in [5.41, 5.74) is 0.407. The first-order valence-corrected chi connectivity index (χ1v) is 11.7. The molecule has 0 saturated carbocycles. The van der Waals surface area contributed by atoms with Crippen LogP contribution in [-0.2, 0) is 6.18 Å². The molecule has 3 heterocycles. The number of nitrogens with one attached hydrogen (secondary N) is 2. The topological polar surface area (TPSA) is 64.8 Å². The SMILES string of the molecule is C[C@H]1CN(c2cc(F)c3nc(-c4cc(C(=O)c5ccccc5C(F)(F)F)c[nH]4)[nH]c3c2)CCS1. The number of hydrogen-bond donors (Lipinski definition) is 2. The van der Waals surface area contributed by atoms with Crippen molar-refractivity contribution in [3.63, 3.8) is 0 Å². The highest BCUT2D eigenvalue weighted by molar-refractivity contribution is 8.00. The van der Waals surface area contributed by atoms with E-state index in [1.165, 1.54) is 30.5 Å². The molecule has 1 aliphatic rings. The highest BCUT2D eigenvalue weighted by Gasteiger charge is 2.35. The number of carbonyl (C=O) groups is 1. The number of H-pyrrole nitrogens is 2. The van der Waals surface area contributed by atoms with E-state index in [0.29, 0.717) is 16.5 Å². The minimum absolute atomic E-state index is 0.0492. The zero-order valence-electron chi connectivity index (χ0n) is 18.0. The normalized spacial score (nSPS) is 16.9. The Labute approximate surface area is 196 Å². The number of ketones is 1. The molecular formula is C24H20F4N4OS. The van der Waals surface area contributed by atoms with Gasteiger partial charge in [0.25, 0.3) is 0 Å². The van der Waals surface area contributed by atoms with Crippen LogP contribution in [0.25, 0.3) is 22.6 Å². The molecule has 0 aliphatic carbocycles. The Morgan fingerprint density at radius 3 is 2.76 bits per heavy atom. The zero-order chi connectivity index (χ0) is 24.0. The number of rotatable bonds is 4. The molecule has 2 N–H and O–H groups in total. The van der Waals surface area contributed by atoms with Gasteiger partial charge >= 0.3 is 6.18 Å². The van der Waals surface area contributed by atoms with Gasteiger partial charge in [0.05, 0.1) is 16.8 Å². The van der Waals surface area contributed by atoms with Crippen LogP contribution in [0.15, 0.2) is 48.7 Å². The number of imidazole rings is 1. The van der Waals surface area contributed by atoms with Gasteiger partial charge in [0, 0.05) is 47.1 Å². The van der Waals surface area contributed by atoms with Crippen molar-refractivity contribution >= 4 is 34.3 Å². The summed E-state index contributed by atoms with van der Waals surface area (Å²) in [6.07, 6.45) is -3.32. The average Bonchev–Trinajstić information content (AvgIpc) is 3.46. The molecule has 1 aliphatic heterocycles. The molecule has 176 valence electrons. The largest absolute Gasteiger partial charge is 0.417 e. The predicted molar refractivity (Wildman–Crippen MR) is 125 cm³/mol. The van der Waals surface area contributed by atoms with E-state index in [1.807, 2.05) is 17.8 Å². The van der Waals surface area contributed by atoms with Gasteiger partial charge in [-0.1, -0.05) is 25.1 Å². The number of alkyl halides is 3. The number of benzene rings is 2. The number of hydrogen-bond acceptors (Lipinski definition) is 4. The van der Waals surface area contributed by atoms with E-state index in [0.717, 1.165) is 36.7 Å². The fourth-order valence-corrected chi connectivity index (χ4v) is 5.18. The molecule has 0 unspecified atom stereocenters. The first-order chi connectivity index (χ1) is 16.2. The summed E-state index contributed by atoms with van der Waals surface area (Å²) in [5.74, 6) is 0.0166. The van der Waals surface area contributed by atoms with Crippen LogP contribution in [0.1, 0.15) is 28.4 Å². The summed E-state index contributed by atoms with van der Waals surface area (Å²) in [5, 5.41) is 0.446. The van der Waals surface area contributed by atoms with Gasteiger partial charge in [-0.2, -0.15) is 24.9 Å². The van der Waals surface area contributed by atoms with E-state index in [4.69, 9.17) is 0 Å². The van der Waals surface area contributed by atoms with Crippen molar-refractivity contribution in [1.82, 2.24) is 15.0 Å². The molecule has 2 aromatic heterocycles. The van der Waals surface area contributed by atoms with Crippen molar-refractivity contribution in [1.29, 1.82) is 0 Å². The van der Waals surface area contributed by atoms with Crippen LogP contribution in [0, 0.1) is 5.82 Å². The van der Waals surface area contributed by atoms with Gasteiger partial charge in [-0.25, -0.2) is 9.37 Å². The molecule has 0 bridgehead atoms. The number of thioether (sulfide) groups is 1. The Bertz CT molecular complexity index is 1380. The molecule has 5 rings (SSSR count). The molecule has 10 heteroatoms. The lowest BCUT2D eigenvalue weighted by atomic mass is 9.99. The standard InChI is InChI=1S/C24H20F4N4OS/c1-13-12-32(6-7-34-13)15-9-18(25)21-19(10-15)30-23(31-21)20-8-14(11-29-20)22(33)16-4-2-3-5-17(16)24(26,27)28/h2-5,8-11,13,29H,6-7,12H2,1H3,(H,30,31)/t13-/m0/s1. The zero-order valence-corrected chi connectivity index (χ0v) is 18.9. The summed E-state index contributed by atoms with van der Waals surface area (Å²) in [6.45, 7) is 3.78. The molecular weight excluding hydrogens is 468 g/mol. The van der Waals surface area contributed by atoms with Crippen LogP contribution in [0.2, 0.25) is 0 Å². The van der Waals surface area contributed by atoms with Crippen molar-refractivity contribution in [2.24, 2.45) is 0 Å². The summed E-state index contributed by atoms with van der Waals surface area (Å²) in [7, 11) is 0. The Morgan fingerprint density at radius 1 is 1.21 bits per heavy atom. The van der Waals surface area contributed by atoms with Gasteiger partial charge in [0.2, 0.25) is 0 Å². The van der Waals surface area contributed by atoms with Gasteiger partial charge in [-0.05, 0) is 24.3 Å². The Hall–Kier alpha value is -3.27. The highest BCUT2D eigenvalue weighted by atomic mass is 32.2. The number of aromatic amines is 2. The highest BCUT2D eigenvalue weighted by Crippen LogP contribution is 2.34. The minimum Gasteiger partial charge on any atom is -0.369 e. The maximum atomic E-state index is 14.9. The second-order valence-corrected chi connectivity index (χ2v) is 9.76. The fraction of sp³-hybridized carbons (Fsp3) is 0.250. The Kier molecular flexibility index (Phi) is 5.63. The number of fused-ring (bicyclic) bond motifs is 1. The maximum Gasteiger partial charge on any atom is 0.417 e. The second-order valence-electron chi connectivity index (χ2n) is 8.21. The summed E-state index contributed by atoms with van der Waals surface area (Å²) >= 11 is 1.88. The third-order valence-electron chi connectivity index (χ3n) is 5.81. The smallest absolute Gasteiger partial charge is 0.369 e. The number of carbonyl (C=O) groups excluding carboxylic acids is 1. The van der Waals surface area contributed by atoms with Gasteiger partial charge in [-0.15, -0.1) is 0 Å². The molecule has 2 aromatic carbocycles. The fourth-order valence-electron chi connectivity index (χ4n) is 4.17. The molecule has 1 fully saturated rings. The van der Waals surface area contributed by atoms with E-state index >= 15 is 0 Å². The molecule has 0 spiro atoms. The molecule has 0 amide bonds. The van der Waals surface area contributed by atoms with Gasteiger partial charge in [0.1, 0.15) is 5.52 Å². The Balaban J connectivity index is 1.46. The van der Waals surface area contributed by atoms with E-state index in [1.54, 1.807) is 0 Å². The molecule has 1 saturated heterocycles. The molecule has 0 radical (unpaired) electrons. The molecule has 4 aromatic rings. The summed E-state index contributed by atoms with van der Waals surface area (Å²) in [4.78, 5) is 25.2. The van der Waals surface area contributed by atoms with Crippen LogP contribution in [0.4, 0.5) is 23.2 Å². The number of nitrogens with zero attached hydrogens (tertiary/aromatic N) is 2. The lowest BCUT2D eigenvalue weighted by molar-refractivity contribution is -0.137. The number of anilines is 1. The monoisotopic (exact) mass is 488 g/mol. The van der Waals surface area contributed by atoms with Crippen molar-refractivity contribution in [2.45, 2.75) is 18.3 Å². The van der Waals surface area contributed by atoms with Crippen molar-refractivity contribution < 1.29 is 22.4 Å². The first-order valence-electron chi connectivity index (χ1n) is 10.7. The van der Waals surface area contributed by atoms with E-state index < -0.39 is 28.9 Å². The quantitative estimate of drug-likeness (QED) is 0.278. The van der Waals surface area contributed by atoms with E-state index in [9.17, 15) is 22.4 Å². The summed E-state index contributed by atoms with van der Waals surface area (Å²) in [6, 6.07) is 9.37. The molecule has 5 nitrogen and oxygen atoms in total. The lowest BCUT2D eigenvalue weighted by Gasteiger charge is -2.32. The van der Waals surface area contributed by atoms with Crippen LogP contribution < -0.4 is 4.90 Å². The van der Waals surface area contributed by atoms with Crippen LogP contribution in [-0.4, -0.2) is 44.8 Å². The van der Waals surface area contributed by atoms with Crippen molar-refractivity contribution in [3.05, 3.63) is 71.2 Å². The Morgan fingerprint density at radius 2 is 2.00 bits per heavy atom. The van der Waals surface area contributed by atoms with Crippen LogP contribution in [0.5, 0.6) is 0 Å². The number of aromatic nitrogens is 3. The van der Waals surface area contributed by atoms with Crippen LogP contribution in [0.3, 0.4) is 0 Å². The van der Waals surface area contributed by atoms with E-state index in [2.05, 4.69) is 26.8 Å². The van der Waals surface area contributed by atoms with E-state index in [-0.39, 0.29) is 16.9 Å². The predicted octanol–water partition coefficient (Wildman–Crippen LogP) is 5.89. The van der Waals surface area contributed by atoms with Crippen molar-refractivity contribution in [2.75, 3.05) is 23.7 Å². The third-order valence-corrected chi connectivity index (χ3v) is 6.94.